The number of methoxy groups -OCH3 is 1. The quantitative estimate of drug-likeness (QED) is 0.731. The molecule has 0 amide bonds. The molecular weight excluding hydrogens is 294 g/mol. The van der Waals surface area contributed by atoms with E-state index >= 15 is 0 Å². The van der Waals surface area contributed by atoms with Crippen molar-refractivity contribution in [3.63, 3.8) is 0 Å². The predicted octanol–water partition coefficient (Wildman–Crippen LogP) is -0.0534. The summed E-state index contributed by atoms with van der Waals surface area (Å²) >= 11 is 5.76. The molecule has 3 N–H and O–H groups in total. The molecule has 0 aromatic carbocycles. The van der Waals surface area contributed by atoms with Gasteiger partial charge in [0.1, 0.15) is 10.7 Å². The number of anilines is 1. The molecule has 1 heterocycles. The van der Waals surface area contributed by atoms with Crippen LogP contribution in [0.25, 0.3) is 0 Å². The van der Waals surface area contributed by atoms with Gasteiger partial charge in [0, 0.05) is 26.4 Å². The maximum atomic E-state index is 12.3. The van der Waals surface area contributed by atoms with Crippen molar-refractivity contribution in [2.24, 2.45) is 0 Å². The predicted molar refractivity (Wildman–Crippen MR) is 71.4 cm³/mol. The van der Waals surface area contributed by atoms with E-state index < -0.39 is 10.0 Å². The molecule has 0 spiro atoms. The first kappa shape index (κ1) is 16.1. The maximum Gasteiger partial charge on any atom is 0.244 e. The lowest BCUT2D eigenvalue weighted by Crippen LogP contribution is -2.36. The molecule has 19 heavy (non-hydrogen) atoms. The van der Waals surface area contributed by atoms with Crippen LogP contribution in [0.4, 0.5) is 5.82 Å². The van der Waals surface area contributed by atoms with Gasteiger partial charge in [-0.15, -0.1) is 0 Å². The van der Waals surface area contributed by atoms with E-state index in [4.69, 9.17) is 27.2 Å². The molecule has 7 nitrogen and oxygen atoms in total. The number of halogens is 1. The highest BCUT2D eigenvalue weighted by atomic mass is 35.5. The fourth-order valence-electron chi connectivity index (χ4n) is 1.38. The van der Waals surface area contributed by atoms with E-state index in [2.05, 4.69) is 4.98 Å². The standard InChI is InChI=1S/C10H16ClN3O4S/c1-18-5-3-14(2-4-15)19(16,17)8-6-9(11)10(12)13-7-8/h6-7,15H,2-5H2,1H3,(H2,12,13). The molecule has 0 unspecified atom stereocenters. The second-order valence-corrected chi connectivity index (χ2v) is 6.00. The highest BCUT2D eigenvalue weighted by Crippen LogP contribution is 2.22. The van der Waals surface area contributed by atoms with Crippen LogP contribution in [0.1, 0.15) is 0 Å². The van der Waals surface area contributed by atoms with Crippen LogP contribution in [0.2, 0.25) is 5.02 Å². The van der Waals surface area contributed by atoms with Gasteiger partial charge in [-0.2, -0.15) is 4.31 Å². The molecule has 0 aliphatic carbocycles. The summed E-state index contributed by atoms with van der Waals surface area (Å²) in [6.07, 6.45) is 1.13. The van der Waals surface area contributed by atoms with Crippen molar-refractivity contribution in [2.45, 2.75) is 4.90 Å². The van der Waals surface area contributed by atoms with Gasteiger partial charge in [0.2, 0.25) is 10.0 Å². The number of nitrogens with two attached hydrogens (primary N) is 1. The summed E-state index contributed by atoms with van der Waals surface area (Å²) in [6, 6.07) is 1.23. The van der Waals surface area contributed by atoms with Gasteiger partial charge in [0.05, 0.1) is 18.2 Å². The highest BCUT2D eigenvalue weighted by Gasteiger charge is 2.24. The smallest absolute Gasteiger partial charge is 0.244 e. The van der Waals surface area contributed by atoms with Gasteiger partial charge in [-0.05, 0) is 6.07 Å². The van der Waals surface area contributed by atoms with Crippen molar-refractivity contribution < 1.29 is 18.3 Å². The lowest BCUT2D eigenvalue weighted by Gasteiger charge is -2.20. The minimum atomic E-state index is -3.78. The lowest BCUT2D eigenvalue weighted by atomic mass is 10.5. The van der Waals surface area contributed by atoms with Crippen LogP contribution < -0.4 is 5.73 Å². The van der Waals surface area contributed by atoms with Crippen LogP contribution in [0.15, 0.2) is 17.2 Å². The summed E-state index contributed by atoms with van der Waals surface area (Å²) in [7, 11) is -2.32. The average Bonchev–Trinajstić information content (AvgIpc) is 2.37. The second-order valence-electron chi connectivity index (χ2n) is 3.66. The van der Waals surface area contributed by atoms with Crippen LogP contribution >= 0.6 is 11.6 Å². The van der Waals surface area contributed by atoms with Crippen LogP contribution in [-0.2, 0) is 14.8 Å². The van der Waals surface area contributed by atoms with E-state index in [0.29, 0.717) is 0 Å². The van der Waals surface area contributed by atoms with Crippen LogP contribution in [0, 0.1) is 0 Å². The minimum absolute atomic E-state index is 0.0340. The van der Waals surface area contributed by atoms with Crippen molar-refractivity contribution in [3.05, 3.63) is 17.3 Å². The normalized spacial score (nSPS) is 12.0. The van der Waals surface area contributed by atoms with Crippen molar-refractivity contribution in [1.82, 2.24) is 9.29 Å². The Labute approximate surface area is 117 Å². The van der Waals surface area contributed by atoms with E-state index in [1.807, 2.05) is 0 Å². The number of nitrogen functional groups attached to an aromatic ring is 1. The Bertz CT molecular complexity index is 524. The van der Waals surface area contributed by atoms with Crippen molar-refractivity contribution in [3.8, 4) is 0 Å². The zero-order chi connectivity index (χ0) is 14.5. The molecular formula is C10H16ClN3O4S. The SMILES string of the molecule is COCCN(CCO)S(=O)(=O)c1cnc(N)c(Cl)c1. The Morgan fingerprint density at radius 1 is 1.53 bits per heavy atom. The lowest BCUT2D eigenvalue weighted by molar-refractivity contribution is 0.168. The number of aliphatic hydroxyl groups excluding tert-OH is 1. The maximum absolute atomic E-state index is 12.3. The summed E-state index contributed by atoms with van der Waals surface area (Å²) in [4.78, 5) is 3.64. The summed E-state index contributed by atoms with van der Waals surface area (Å²) in [5, 5.41) is 9.00. The van der Waals surface area contributed by atoms with Crippen LogP contribution in [-0.4, -0.2) is 56.2 Å². The van der Waals surface area contributed by atoms with Crippen LogP contribution in [0.3, 0.4) is 0 Å². The molecule has 0 atom stereocenters. The number of pyridine rings is 1. The van der Waals surface area contributed by atoms with Gasteiger partial charge in [0.15, 0.2) is 0 Å². The second kappa shape index (κ2) is 7.01. The van der Waals surface area contributed by atoms with E-state index in [1.54, 1.807) is 0 Å². The van der Waals surface area contributed by atoms with Crippen LogP contribution in [0.5, 0.6) is 0 Å². The molecule has 0 saturated heterocycles. The Hall–Kier alpha value is -0.930. The monoisotopic (exact) mass is 309 g/mol. The van der Waals surface area contributed by atoms with Crippen molar-refractivity contribution >= 4 is 27.4 Å². The van der Waals surface area contributed by atoms with Gasteiger partial charge in [-0.3, -0.25) is 0 Å². The third-order valence-electron chi connectivity index (χ3n) is 2.38. The number of hydrogen-bond acceptors (Lipinski definition) is 6. The molecule has 0 aliphatic heterocycles. The number of ether oxygens (including phenoxy) is 1. The molecule has 0 saturated carbocycles. The Balaban J connectivity index is 3.07. The highest BCUT2D eigenvalue weighted by molar-refractivity contribution is 7.89. The number of rotatable bonds is 7. The van der Waals surface area contributed by atoms with E-state index in [-0.39, 0.29) is 42.0 Å². The molecule has 0 radical (unpaired) electrons. The summed E-state index contributed by atoms with van der Waals surface area (Å²) in [5.74, 6) is 0.0613. The van der Waals surface area contributed by atoms with Gasteiger partial charge in [-0.1, -0.05) is 11.6 Å². The number of nitrogens with zero attached hydrogens (tertiary/aromatic N) is 2. The zero-order valence-electron chi connectivity index (χ0n) is 10.4. The molecule has 0 bridgehead atoms. The van der Waals surface area contributed by atoms with Gasteiger partial charge >= 0.3 is 0 Å². The van der Waals surface area contributed by atoms with Gasteiger partial charge in [0.25, 0.3) is 0 Å². The van der Waals surface area contributed by atoms with Crippen molar-refractivity contribution in [1.29, 1.82) is 0 Å². The number of aromatic nitrogens is 1. The van der Waals surface area contributed by atoms with Gasteiger partial charge < -0.3 is 15.6 Å². The minimum Gasteiger partial charge on any atom is -0.395 e. The Kier molecular flexibility index (Phi) is 5.95. The number of hydrogen-bond donors (Lipinski definition) is 2. The fourth-order valence-corrected chi connectivity index (χ4v) is 3.00. The van der Waals surface area contributed by atoms with E-state index in [0.717, 1.165) is 10.5 Å². The third kappa shape index (κ3) is 4.02. The van der Waals surface area contributed by atoms with Gasteiger partial charge in [-0.25, -0.2) is 13.4 Å². The van der Waals surface area contributed by atoms with E-state index in [1.165, 1.54) is 13.2 Å². The first-order valence-electron chi connectivity index (χ1n) is 5.44. The Morgan fingerprint density at radius 3 is 2.74 bits per heavy atom. The summed E-state index contributed by atoms with van der Waals surface area (Å²) in [6.45, 7) is 0.0174. The average molecular weight is 310 g/mol. The molecule has 0 fully saturated rings. The number of sulfonamides is 1. The number of aliphatic hydroxyl groups is 1. The molecule has 0 aliphatic rings. The molecule has 1 aromatic heterocycles. The summed E-state index contributed by atoms with van der Waals surface area (Å²) in [5.41, 5.74) is 5.44. The molecule has 9 heteroatoms. The first-order valence-corrected chi connectivity index (χ1v) is 7.26. The van der Waals surface area contributed by atoms with Crippen molar-refractivity contribution in [2.75, 3.05) is 39.1 Å². The molecule has 1 aromatic rings. The summed E-state index contributed by atoms with van der Waals surface area (Å²) < 4.78 is 30.6. The molecule has 108 valence electrons. The van der Waals surface area contributed by atoms with E-state index in [9.17, 15) is 8.42 Å². The fraction of sp³-hybridized carbons (Fsp3) is 0.500. The Morgan fingerprint density at radius 2 is 2.21 bits per heavy atom. The first-order chi connectivity index (χ1) is 8.93. The topological polar surface area (TPSA) is 106 Å². The zero-order valence-corrected chi connectivity index (χ0v) is 12.0. The molecule has 1 rings (SSSR count). The largest absolute Gasteiger partial charge is 0.395 e. The third-order valence-corrected chi connectivity index (χ3v) is 4.54.